The fourth-order valence-corrected chi connectivity index (χ4v) is 0.550. The molecule has 0 rings (SSSR count). The van der Waals surface area contributed by atoms with E-state index in [9.17, 15) is 14.4 Å². The van der Waals surface area contributed by atoms with Gasteiger partial charge < -0.3 is 9.84 Å². The lowest BCUT2D eigenvalue weighted by atomic mass is 10.5. The number of carbonyl (C=O) groups is 3. The Morgan fingerprint density at radius 3 is 2.53 bits per heavy atom. The fraction of sp³-hybridized carbons (Fsp3) is 0.375. The zero-order valence-corrected chi connectivity index (χ0v) is 8.06. The molecule has 0 unspecified atom stereocenters. The number of carbonyl (C=O) groups excluding carboxylic acids is 2. The van der Waals surface area contributed by atoms with Gasteiger partial charge in [0.15, 0.2) is 6.61 Å². The highest BCUT2D eigenvalue weighted by Crippen LogP contribution is 1.80. The number of aliphatic carboxylic acids is 1. The largest absolute Gasteiger partial charge is 0.478 e. The van der Waals surface area contributed by atoms with Crippen molar-refractivity contribution in [2.45, 2.75) is 6.92 Å². The van der Waals surface area contributed by atoms with Gasteiger partial charge in [-0.1, -0.05) is 0 Å². The molecule has 84 valence electrons. The summed E-state index contributed by atoms with van der Waals surface area (Å²) in [7, 11) is 0. The van der Waals surface area contributed by atoms with Gasteiger partial charge in [0, 0.05) is 12.2 Å². The van der Waals surface area contributed by atoms with Gasteiger partial charge in [0.1, 0.15) is 0 Å². The molecule has 0 spiro atoms. The van der Waals surface area contributed by atoms with E-state index in [1.807, 2.05) is 5.48 Å². The predicted molar refractivity (Wildman–Crippen MR) is 47.5 cm³/mol. The van der Waals surface area contributed by atoms with Gasteiger partial charge in [-0.3, -0.25) is 9.63 Å². The number of hydrogen-bond donors (Lipinski definition) is 2. The van der Waals surface area contributed by atoms with E-state index in [4.69, 9.17) is 5.11 Å². The minimum Gasteiger partial charge on any atom is -0.478 e. The Morgan fingerprint density at radius 2 is 2.00 bits per heavy atom. The van der Waals surface area contributed by atoms with E-state index < -0.39 is 24.5 Å². The van der Waals surface area contributed by atoms with Crippen molar-refractivity contribution >= 4 is 17.8 Å². The van der Waals surface area contributed by atoms with Crippen molar-refractivity contribution in [1.82, 2.24) is 5.48 Å². The molecule has 0 aliphatic rings. The molecule has 0 aromatic carbocycles. The number of rotatable bonds is 6. The van der Waals surface area contributed by atoms with Crippen LogP contribution in [0.3, 0.4) is 0 Å². The smallest absolute Gasteiger partial charge is 0.334 e. The second-order valence-corrected chi connectivity index (χ2v) is 2.23. The molecule has 0 radical (unpaired) electrons. The summed E-state index contributed by atoms with van der Waals surface area (Å²) in [4.78, 5) is 35.8. The molecule has 0 atom stereocenters. The number of carboxylic acid groups (broad SMARTS) is 1. The Morgan fingerprint density at radius 1 is 1.33 bits per heavy atom. The third-order valence-corrected chi connectivity index (χ3v) is 1.05. The van der Waals surface area contributed by atoms with E-state index in [-0.39, 0.29) is 6.61 Å². The molecule has 0 heterocycles. The topological polar surface area (TPSA) is 102 Å². The summed E-state index contributed by atoms with van der Waals surface area (Å²) in [5, 5.41) is 8.16. The molecule has 2 N–H and O–H groups in total. The van der Waals surface area contributed by atoms with Crippen LogP contribution in [-0.2, 0) is 24.0 Å². The van der Waals surface area contributed by atoms with Crippen LogP contribution in [0.1, 0.15) is 6.92 Å². The number of ether oxygens (including phenoxy) is 1. The lowest BCUT2D eigenvalue weighted by Crippen LogP contribution is -2.26. The third kappa shape index (κ3) is 8.44. The van der Waals surface area contributed by atoms with E-state index in [2.05, 4.69) is 9.57 Å². The highest BCUT2D eigenvalue weighted by atomic mass is 16.7. The summed E-state index contributed by atoms with van der Waals surface area (Å²) >= 11 is 0. The Bertz CT molecular complexity index is 272. The monoisotopic (exact) mass is 217 g/mol. The number of nitrogens with one attached hydrogen (secondary N) is 1. The maximum Gasteiger partial charge on any atom is 0.334 e. The van der Waals surface area contributed by atoms with Crippen molar-refractivity contribution in [2.75, 3.05) is 13.2 Å². The Balaban J connectivity index is 3.64. The van der Waals surface area contributed by atoms with Crippen LogP contribution in [0.15, 0.2) is 12.2 Å². The molecule has 0 bridgehead atoms. The summed E-state index contributed by atoms with van der Waals surface area (Å²) in [5.41, 5.74) is 1.84. The second kappa shape index (κ2) is 7.51. The van der Waals surface area contributed by atoms with Crippen molar-refractivity contribution in [3.05, 3.63) is 12.2 Å². The van der Waals surface area contributed by atoms with E-state index in [0.29, 0.717) is 6.08 Å². The third-order valence-electron chi connectivity index (χ3n) is 1.05. The van der Waals surface area contributed by atoms with Crippen molar-refractivity contribution in [1.29, 1.82) is 0 Å². The van der Waals surface area contributed by atoms with Gasteiger partial charge in [0.25, 0.3) is 5.91 Å². The van der Waals surface area contributed by atoms with Crippen LogP contribution in [0.25, 0.3) is 0 Å². The van der Waals surface area contributed by atoms with Gasteiger partial charge in [-0.2, -0.15) is 0 Å². The summed E-state index contributed by atoms with van der Waals surface area (Å²) in [6.07, 6.45) is 1.40. The van der Waals surface area contributed by atoms with Crippen LogP contribution in [0, 0.1) is 0 Å². The predicted octanol–water partition coefficient (Wildman–Crippen LogP) is -0.762. The zero-order valence-electron chi connectivity index (χ0n) is 8.06. The van der Waals surface area contributed by atoms with Gasteiger partial charge >= 0.3 is 11.9 Å². The highest BCUT2D eigenvalue weighted by molar-refractivity contribution is 5.93. The summed E-state index contributed by atoms with van der Waals surface area (Å²) in [6, 6.07) is 0. The van der Waals surface area contributed by atoms with Crippen molar-refractivity contribution < 1.29 is 29.1 Å². The Labute approximate surface area is 85.6 Å². The van der Waals surface area contributed by atoms with Gasteiger partial charge in [0.05, 0.1) is 6.61 Å². The molecule has 0 aromatic rings. The molecule has 0 aromatic heterocycles. The van der Waals surface area contributed by atoms with E-state index in [1.165, 1.54) is 0 Å². The minimum atomic E-state index is -1.25. The van der Waals surface area contributed by atoms with Crippen molar-refractivity contribution in [3.63, 3.8) is 0 Å². The van der Waals surface area contributed by atoms with Crippen LogP contribution in [0.4, 0.5) is 0 Å². The van der Waals surface area contributed by atoms with Crippen LogP contribution in [-0.4, -0.2) is 36.2 Å². The lowest BCUT2D eigenvalue weighted by molar-refractivity contribution is -0.153. The number of amides is 1. The van der Waals surface area contributed by atoms with E-state index in [1.54, 1.807) is 6.92 Å². The molecule has 0 fully saturated rings. The Hall–Kier alpha value is -1.89. The van der Waals surface area contributed by atoms with Crippen molar-refractivity contribution in [3.8, 4) is 0 Å². The summed E-state index contributed by atoms with van der Waals surface area (Å²) < 4.78 is 4.49. The maximum atomic E-state index is 10.7. The molecular weight excluding hydrogens is 206 g/mol. The minimum absolute atomic E-state index is 0.217. The van der Waals surface area contributed by atoms with E-state index in [0.717, 1.165) is 6.08 Å². The lowest BCUT2D eigenvalue weighted by Gasteiger charge is -2.02. The maximum absolute atomic E-state index is 10.7. The van der Waals surface area contributed by atoms with Gasteiger partial charge in [0.2, 0.25) is 0 Å². The molecule has 0 aliphatic heterocycles. The average molecular weight is 217 g/mol. The normalized spacial score (nSPS) is 9.93. The van der Waals surface area contributed by atoms with Crippen LogP contribution >= 0.6 is 0 Å². The molecule has 0 saturated carbocycles. The number of hydroxylamine groups is 1. The molecule has 0 saturated heterocycles. The Kier molecular flexibility index (Phi) is 6.56. The second-order valence-electron chi connectivity index (χ2n) is 2.23. The van der Waals surface area contributed by atoms with Gasteiger partial charge in [-0.05, 0) is 6.92 Å². The summed E-state index contributed by atoms with van der Waals surface area (Å²) in [6.45, 7) is 1.42. The SMILES string of the molecule is CCOC(=O)CONC(=O)/C=C\C(=O)O. The average Bonchev–Trinajstić information content (AvgIpc) is 2.15. The van der Waals surface area contributed by atoms with Gasteiger partial charge in [-0.15, -0.1) is 0 Å². The molecule has 7 nitrogen and oxygen atoms in total. The van der Waals surface area contributed by atoms with Crippen LogP contribution in [0.2, 0.25) is 0 Å². The first-order valence-corrected chi connectivity index (χ1v) is 4.04. The first kappa shape index (κ1) is 13.1. The molecule has 0 aliphatic carbocycles. The zero-order chi connectivity index (χ0) is 11.7. The quantitative estimate of drug-likeness (QED) is 0.344. The van der Waals surface area contributed by atoms with Crippen LogP contribution in [0.5, 0.6) is 0 Å². The number of hydrogen-bond acceptors (Lipinski definition) is 5. The van der Waals surface area contributed by atoms with Gasteiger partial charge in [-0.25, -0.2) is 15.1 Å². The highest BCUT2D eigenvalue weighted by Gasteiger charge is 2.02. The first-order valence-electron chi connectivity index (χ1n) is 4.04. The fourth-order valence-electron chi connectivity index (χ4n) is 0.550. The first-order chi connectivity index (χ1) is 7.06. The molecule has 7 heteroatoms. The number of carboxylic acids is 1. The van der Waals surface area contributed by atoms with Crippen molar-refractivity contribution in [2.24, 2.45) is 0 Å². The molecule has 1 amide bonds. The molecule has 15 heavy (non-hydrogen) atoms. The van der Waals surface area contributed by atoms with E-state index >= 15 is 0 Å². The number of esters is 1. The standard InChI is InChI=1S/C8H11NO6/c1-2-14-8(13)5-15-9-6(10)3-4-7(11)12/h3-4H,2,5H2,1H3,(H,9,10)(H,11,12)/b4-3-. The molecular formula is C8H11NO6. The summed E-state index contributed by atoms with van der Waals surface area (Å²) in [5.74, 6) is -2.66. The van der Waals surface area contributed by atoms with Crippen LogP contribution < -0.4 is 5.48 Å².